The van der Waals surface area contributed by atoms with E-state index >= 15 is 0 Å². The van der Waals surface area contributed by atoms with Crippen molar-refractivity contribution in [2.75, 3.05) is 20.6 Å². The number of likely N-dealkylation sites (N-methyl/N-ethyl adjacent to an activating group) is 1. The lowest BCUT2D eigenvalue weighted by molar-refractivity contribution is 0.451. The highest BCUT2D eigenvalue weighted by atomic mass is 28.3. The monoisotopic (exact) mass is 341 g/mol. The van der Waals surface area contributed by atoms with Gasteiger partial charge in [0.1, 0.15) is 8.07 Å². The molecular weight excluding hydrogens is 306 g/mol. The summed E-state index contributed by atoms with van der Waals surface area (Å²) in [7, 11) is 2.54. The molecule has 1 rings (SSSR count). The molecule has 132 valence electrons. The first kappa shape index (κ1) is 20.7. The third kappa shape index (κ3) is 5.36. The molecule has 0 heterocycles. The fourth-order valence-corrected chi connectivity index (χ4v) is 9.08. The van der Waals surface area contributed by atoms with Gasteiger partial charge in [0.2, 0.25) is 0 Å². The van der Waals surface area contributed by atoms with Crippen molar-refractivity contribution in [1.29, 1.82) is 0 Å². The van der Waals surface area contributed by atoms with E-state index in [4.69, 9.17) is 0 Å². The van der Waals surface area contributed by atoms with Crippen LogP contribution in [0.4, 0.5) is 0 Å². The zero-order valence-electron chi connectivity index (χ0n) is 16.9. The molecule has 1 aromatic rings. The predicted molar refractivity (Wildman–Crippen MR) is 112 cm³/mol. The lowest BCUT2D eigenvalue weighted by atomic mass is 10.1. The second-order valence-corrected chi connectivity index (χ2v) is 13.5. The maximum absolute atomic E-state index is 3.85. The first-order valence-corrected chi connectivity index (χ1v) is 11.4. The summed E-state index contributed by atoms with van der Waals surface area (Å²) in [5.41, 5.74) is 8.30. The minimum absolute atomic E-state index is 0.669. The molecular formula is C22H35NSi. The van der Waals surface area contributed by atoms with Crippen LogP contribution in [-0.2, 0) is 0 Å². The van der Waals surface area contributed by atoms with E-state index < -0.39 is 8.07 Å². The van der Waals surface area contributed by atoms with Gasteiger partial charge < -0.3 is 4.90 Å². The first-order chi connectivity index (χ1) is 11.2. The number of benzene rings is 1. The van der Waals surface area contributed by atoms with Crippen LogP contribution >= 0.6 is 0 Å². The third-order valence-corrected chi connectivity index (χ3v) is 11.2. The van der Waals surface area contributed by atoms with Crippen molar-refractivity contribution in [2.24, 2.45) is 0 Å². The standard InChI is InChI=1S/C22H35NSi/c1-18(2)24(19(3)4,20(5)6)15-14-22(17-23(7)8)16-21-12-10-9-11-13-21/h9-13,16,18-20H,17H2,1-8H3/b22-16+. The van der Waals surface area contributed by atoms with Crippen molar-refractivity contribution in [2.45, 2.75) is 58.2 Å². The van der Waals surface area contributed by atoms with Gasteiger partial charge >= 0.3 is 0 Å². The van der Waals surface area contributed by atoms with E-state index in [1.165, 1.54) is 11.1 Å². The summed E-state index contributed by atoms with van der Waals surface area (Å²) in [6.45, 7) is 15.1. The number of hydrogen-bond acceptors (Lipinski definition) is 1. The van der Waals surface area contributed by atoms with Crippen molar-refractivity contribution >= 4 is 14.1 Å². The maximum Gasteiger partial charge on any atom is 0.146 e. The Morgan fingerprint density at radius 3 is 1.88 bits per heavy atom. The van der Waals surface area contributed by atoms with Crippen LogP contribution in [-0.4, -0.2) is 33.6 Å². The highest BCUT2D eigenvalue weighted by molar-refractivity contribution is 6.90. The van der Waals surface area contributed by atoms with Gasteiger partial charge in [0.25, 0.3) is 0 Å². The Hall–Kier alpha value is -1.30. The van der Waals surface area contributed by atoms with Gasteiger partial charge in [0.05, 0.1) is 0 Å². The molecule has 1 nitrogen and oxygen atoms in total. The molecule has 0 amide bonds. The highest BCUT2D eigenvalue weighted by Crippen LogP contribution is 2.40. The smallest absolute Gasteiger partial charge is 0.146 e. The van der Waals surface area contributed by atoms with Crippen molar-refractivity contribution in [3.05, 3.63) is 41.5 Å². The van der Waals surface area contributed by atoms with Crippen molar-refractivity contribution in [3.8, 4) is 11.5 Å². The second kappa shape index (κ2) is 9.25. The quantitative estimate of drug-likeness (QED) is 0.463. The zero-order chi connectivity index (χ0) is 18.3. The Balaban J connectivity index is 3.32. The molecule has 0 bridgehead atoms. The molecule has 1 aromatic carbocycles. The largest absolute Gasteiger partial charge is 0.304 e. The summed E-state index contributed by atoms with van der Waals surface area (Å²) in [4.78, 5) is 2.20. The number of hydrogen-bond donors (Lipinski definition) is 0. The molecule has 0 N–H and O–H groups in total. The van der Waals surface area contributed by atoms with Gasteiger partial charge in [-0.1, -0.05) is 77.8 Å². The van der Waals surface area contributed by atoms with Gasteiger partial charge in [0.15, 0.2) is 0 Å². The van der Waals surface area contributed by atoms with Gasteiger partial charge in [0, 0.05) is 12.1 Å². The molecule has 0 saturated heterocycles. The first-order valence-electron chi connectivity index (χ1n) is 9.13. The molecule has 0 spiro atoms. The summed E-state index contributed by atoms with van der Waals surface area (Å²) in [6, 6.07) is 10.5. The van der Waals surface area contributed by atoms with Gasteiger partial charge in [-0.25, -0.2) is 0 Å². The predicted octanol–water partition coefficient (Wildman–Crippen LogP) is 5.85. The van der Waals surface area contributed by atoms with E-state index in [0.717, 1.165) is 6.54 Å². The van der Waals surface area contributed by atoms with Gasteiger partial charge in [-0.05, 0) is 42.4 Å². The van der Waals surface area contributed by atoms with Crippen molar-refractivity contribution in [3.63, 3.8) is 0 Å². The van der Waals surface area contributed by atoms with Crippen LogP contribution in [0.2, 0.25) is 16.6 Å². The van der Waals surface area contributed by atoms with E-state index in [1.807, 2.05) is 0 Å². The molecule has 0 aliphatic rings. The molecule has 0 radical (unpaired) electrons. The summed E-state index contributed by atoms with van der Waals surface area (Å²) in [6.07, 6.45) is 2.24. The lowest BCUT2D eigenvalue weighted by Gasteiger charge is -2.38. The molecule has 0 unspecified atom stereocenters. The lowest BCUT2D eigenvalue weighted by Crippen LogP contribution is -2.43. The zero-order valence-corrected chi connectivity index (χ0v) is 17.9. The van der Waals surface area contributed by atoms with Crippen LogP contribution in [0.5, 0.6) is 0 Å². The number of rotatable bonds is 6. The molecule has 0 saturated carbocycles. The molecule has 0 aromatic heterocycles. The van der Waals surface area contributed by atoms with Crippen LogP contribution in [0.1, 0.15) is 47.1 Å². The van der Waals surface area contributed by atoms with E-state index in [-0.39, 0.29) is 0 Å². The normalized spacial score (nSPS) is 12.9. The Morgan fingerprint density at radius 1 is 0.958 bits per heavy atom. The van der Waals surface area contributed by atoms with E-state index in [1.54, 1.807) is 0 Å². The molecule has 0 aliphatic heterocycles. The van der Waals surface area contributed by atoms with Gasteiger partial charge in [-0.2, -0.15) is 0 Å². The minimum atomic E-state index is -1.68. The van der Waals surface area contributed by atoms with E-state index in [9.17, 15) is 0 Å². The fraction of sp³-hybridized carbons (Fsp3) is 0.545. The topological polar surface area (TPSA) is 3.24 Å². The van der Waals surface area contributed by atoms with Crippen molar-refractivity contribution in [1.82, 2.24) is 4.90 Å². The van der Waals surface area contributed by atoms with Crippen LogP contribution < -0.4 is 0 Å². The van der Waals surface area contributed by atoms with Gasteiger partial charge in [-0.3, -0.25) is 0 Å². The minimum Gasteiger partial charge on any atom is -0.304 e. The molecule has 24 heavy (non-hydrogen) atoms. The maximum atomic E-state index is 3.85. The Labute approximate surface area is 151 Å². The summed E-state index contributed by atoms with van der Waals surface area (Å²) < 4.78 is 0. The average Bonchev–Trinajstić information content (AvgIpc) is 2.47. The SMILES string of the molecule is CC(C)[Si](C#C/C(=C\c1ccccc1)CN(C)C)(C(C)C)C(C)C. The van der Waals surface area contributed by atoms with Crippen LogP contribution in [0.3, 0.4) is 0 Å². The third-order valence-electron chi connectivity index (χ3n) is 4.93. The van der Waals surface area contributed by atoms with Crippen LogP contribution in [0, 0.1) is 11.5 Å². The molecule has 0 fully saturated rings. The molecule has 2 heteroatoms. The Bertz CT molecular complexity index is 564. The Morgan fingerprint density at radius 2 is 1.46 bits per heavy atom. The van der Waals surface area contributed by atoms with Crippen molar-refractivity contribution < 1.29 is 0 Å². The summed E-state index contributed by atoms with van der Waals surface area (Å²) in [5, 5.41) is 0. The highest BCUT2D eigenvalue weighted by Gasteiger charge is 2.41. The van der Waals surface area contributed by atoms with Crippen LogP contribution in [0.25, 0.3) is 6.08 Å². The average molecular weight is 342 g/mol. The molecule has 0 aliphatic carbocycles. The Kier molecular flexibility index (Phi) is 7.99. The summed E-state index contributed by atoms with van der Waals surface area (Å²) >= 11 is 0. The van der Waals surface area contributed by atoms with Gasteiger partial charge in [-0.15, -0.1) is 5.54 Å². The molecule has 0 atom stereocenters. The number of nitrogens with zero attached hydrogens (tertiary/aromatic N) is 1. The van der Waals surface area contributed by atoms with E-state index in [0.29, 0.717) is 16.6 Å². The fourth-order valence-electron chi connectivity index (χ4n) is 3.83. The van der Waals surface area contributed by atoms with E-state index in [2.05, 4.69) is 108 Å². The summed E-state index contributed by atoms with van der Waals surface area (Å²) in [5.74, 6) is 3.62. The van der Waals surface area contributed by atoms with Crippen LogP contribution in [0.15, 0.2) is 35.9 Å². The second-order valence-electron chi connectivity index (χ2n) is 7.97.